The van der Waals surface area contributed by atoms with Crippen molar-refractivity contribution in [3.63, 3.8) is 0 Å². The Labute approximate surface area is 104 Å². The number of thioether (sulfide) groups is 1. The van der Waals surface area contributed by atoms with Crippen LogP contribution in [0, 0.1) is 17.8 Å². The van der Waals surface area contributed by atoms with E-state index in [-0.39, 0.29) is 0 Å². The third kappa shape index (κ3) is 3.64. The quantitative estimate of drug-likeness (QED) is 0.776. The van der Waals surface area contributed by atoms with Crippen molar-refractivity contribution < 1.29 is 5.11 Å². The normalized spacial score (nSPS) is 35.4. The molecular formula is C13H25NOS. The van der Waals surface area contributed by atoms with Crippen molar-refractivity contribution in [2.75, 3.05) is 31.2 Å². The van der Waals surface area contributed by atoms with E-state index in [0.29, 0.717) is 12.5 Å². The predicted octanol–water partition coefficient (Wildman–Crippen LogP) is 2.13. The van der Waals surface area contributed by atoms with E-state index in [1.807, 2.05) is 0 Å². The van der Waals surface area contributed by atoms with Gasteiger partial charge in [-0.2, -0.15) is 11.8 Å². The smallest absolute Gasteiger partial charge is 0.0462 e. The number of nitrogens with one attached hydrogen (secondary N) is 1. The van der Waals surface area contributed by atoms with Gasteiger partial charge >= 0.3 is 0 Å². The predicted molar refractivity (Wildman–Crippen MR) is 70.8 cm³/mol. The maximum absolute atomic E-state index is 9.34. The van der Waals surface area contributed by atoms with Gasteiger partial charge in [0.15, 0.2) is 0 Å². The summed E-state index contributed by atoms with van der Waals surface area (Å²) in [4.78, 5) is 0. The monoisotopic (exact) mass is 243 g/mol. The summed E-state index contributed by atoms with van der Waals surface area (Å²) in [5.74, 6) is 4.91. The number of hydrogen-bond donors (Lipinski definition) is 2. The van der Waals surface area contributed by atoms with Gasteiger partial charge in [-0.3, -0.25) is 0 Å². The lowest BCUT2D eigenvalue weighted by molar-refractivity contribution is 0.132. The van der Waals surface area contributed by atoms with Crippen LogP contribution in [0.1, 0.15) is 32.1 Å². The summed E-state index contributed by atoms with van der Waals surface area (Å²) < 4.78 is 0. The molecule has 0 bridgehead atoms. The molecule has 0 amide bonds. The lowest BCUT2D eigenvalue weighted by Gasteiger charge is -2.30. The molecule has 1 saturated carbocycles. The van der Waals surface area contributed by atoms with Crippen LogP contribution in [0.3, 0.4) is 0 Å². The summed E-state index contributed by atoms with van der Waals surface area (Å²) in [5.41, 5.74) is 0. The van der Waals surface area contributed by atoms with E-state index in [1.165, 1.54) is 50.2 Å². The topological polar surface area (TPSA) is 32.3 Å². The third-order valence-corrected chi connectivity index (χ3v) is 5.40. The molecule has 1 aliphatic heterocycles. The highest BCUT2D eigenvalue weighted by atomic mass is 32.2. The summed E-state index contributed by atoms with van der Waals surface area (Å²) >= 11 is 2.09. The zero-order valence-corrected chi connectivity index (χ0v) is 11.0. The Morgan fingerprint density at radius 1 is 1.06 bits per heavy atom. The Hall–Kier alpha value is 0.270. The van der Waals surface area contributed by atoms with E-state index < -0.39 is 0 Å². The number of hydrogen-bond acceptors (Lipinski definition) is 3. The minimum Gasteiger partial charge on any atom is -0.396 e. The van der Waals surface area contributed by atoms with E-state index in [0.717, 1.165) is 18.4 Å². The summed E-state index contributed by atoms with van der Waals surface area (Å²) in [6.07, 6.45) is 6.63. The van der Waals surface area contributed by atoms with Gasteiger partial charge in [-0.25, -0.2) is 0 Å². The van der Waals surface area contributed by atoms with Gasteiger partial charge < -0.3 is 10.4 Å². The van der Waals surface area contributed by atoms with Crippen molar-refractivity contribution in [3.05, 3.63) is 0 Å². The van der Waals surface area contributed by atoms with Gasteiger partial charge in [-0.05, 0) is 61.6 Å². The van der Waals surface area contributed by atoms with Crippen LogP contribution in [-0.4, -0.2) is 36.3 Å². The molecule has 0 radical (unpaired) electrons. The van der Waals surface area contributed by atoms with Crippen LogP contribution < -0.4 is 5.32 Å². The van der Waals surface area contributed by atoms with Crippen molar-refractivity contribution in [1.29, 1.82) is 0 Å². The van der Waals surface area contributed by atoms with Gasteiger partial charge in [0.25, 0.3) is 0 Å². The molecule has 94 valence electrons. The SMILES string of the molecule is OCC1CCCCC1CNCC1CCSC1. The summed E-state index contributed by atoms with van der Waals surface area (Å²) in [6, 6.07) is 0. The second kappa shape index (κ2) is 6.87. The molecule has 3 heteroatoms. The van der Waals surface area contributed by atoms with E-state index in [2.05, 4.69) is 17.1 Å². The number of aliphatic hydroxyl groups excluding tert-OH is 1. The molecule has 2 fully saturated rings. The number of rotatable bonds is 5. The fourth-order valence-corrected chi connectivity index (χ4v) is 4.30. The molecule has 0 aromatic heterocycles. The fourth-order valence-electron chi connectivity index (χ4n) is 3.01. The molecule has 16 heavy (non-hydrogen) atoms. The largest absolute Gasteiger partial charge is 0.396 e. The average Bonchev–Trinajstić information content (AvgIpc) is 2.83. The van der Waals surface area contributed by atoms with E-state index >= 15 is 0 Å². The molecule has 0 aromatic carbocycles. The maximum atomic E-state index is 9.34. The highest BCUT2D eigenvalue weighted by molar-refractivity contribution is 7.99. The fraction of sp³-hybridized carbons (Fsp3) is 1.00. The second-order valence-corrected chi connectivity index (χ2v) is 6.52. The van der Waals surface area contributed by atoms with Gasteiger partial charge in [0.1, 0.15) is 0 Å². The average molecular weight is 243 g/mol. The van der Waals surface area contributed by atoms with Crippen LogP contribution in [0.4, 0.5) is 0 Å². The van der Waals surface area contributed by atoms with E-state index in [9.17, 15) is 5.11 Å². The molecule has 2 N–H and O–H groups in total. The van der Waals surface area contributed by atoms with Crippen LogP contribution in [-0.2, 0) is 0 Å². The van der Waals surface area contributed by atoms with Crippen molar-refractivity contribution in [2.24, 2.45) is 17.8 Å². The van der Waals surface area contributed by atoms with Gasteiger partial charge in [0.05, 0.1) is 0 Å². The Morgan fingerprint density at radius 2 is 1.88 bits per heavy atom. The zero-order chi connectivity index (χ0) is 11.2. The minimum atomic E-state index is 0.394. The Bertz CT molecular complexity index is 194. The standard InChI is InChI=1S/C13H25NOS/c15-9-13-4-2-1-3-12(13)8-14-7-11-5-6-16-10-11/h11-15H,1-10H2. The van der Waals surface area contributed by atoms with E-state index in [4.69, 9.17) is 0 Å². The van der Waals surface area contributed by atoms with Crippen molar-refractivity contribution in [3.8, 4) is 0 Å². The minimum absolute atomic E-state index is 0.394. The highest BCUT2D eigenvalue weighted by Crippen LogP contribution is 2.29. The first kappa shape index (κ1) is 12.7. The molecule has 0 spiro atoms. The van der Waals surface area contributed by atoms with Gasteiger partial charge in [-0.15, -0.1) is 0 Å². The Morgan fingerprint density at radius 3 is 2.56 bits per heavy atom. The summed E-state index contributed by atoms with van der Waals surface area (Å²) in [6.45, 7) is 2.72. The van der Waals surface area contributed by atoms with Crippen molar-refractivity contribution in [2.45, 2.75) is 32.1 Å². The highest BCUT2D eigenvalue weighted by Gasteiger charge is 2.24. The molecule has 3 unspecified atom stereocenters. The van der Waals surface area contributed by atoms with Crippen LogP contribution >= 0.6 is 11.8 Å². The molecule has 2 rings (SSSR count). The molecule has 3 atom stereocenters. The van der Waals surface area contributed by atoms with Crippen LogP contribution in [0.15, 0.2) is 0 Å². The lowest BCUT2D eigenvalue weighted by atomic mass is 9.79. The van der Waals surface area contributed by atoms with Crippen molar-refractivity contribution in [1.82, 2.24) is 5.32 Å². The maximum Gasteiger partial charge on any atom is 0.0462 e. The van der Waals surface area contributed by atoms with Gasteiger partial charge in [-0.1, -0.05) is 12.8 Å². The first-order chi connectivity index (χ1) is 7.90. The zero-order valence-electron chi connectivity index (χ0n) is 10.2. The molecular weight excluding hydrogens is 218 g/mol. The summed E-state index contributed by atoms with van der Waals surface area (Å²) in [7, 11) is 0. The van der Waals surface area contributed by atoms with Crippen LogP contribution in [0.25, 0.3) is 0 Å². The Balaban J connectivity index is 1.63. The summed E-state index contributed by atoms with van der Waals surface area (Å²) in [5, 5.41) is 13.0. The second-order valence-electron chi connectivity index (χ2n) is 5.38. The first-order valence-electron chi connectivity index (χ1n) is 6.79. The molecule has 0 aromatic rings. The molecule has 1 saturated heterocycles. The molecule has 1 aliphatic carbocycles. The Kier molecular flexibility index (Phi) is 5.46. The molecule has 2 nitrogen and oxygen atoms in total. The lowest BCUT2D eigenvalue weighted by Crippen LogP contribution is -2.34. The van der Waals surface area contributed by atoms with Gasteiger partial charge in [0, 0.05) is 6.61 Å². The van der Waals surface area contributed by atoms with Crippen molar-refractivity contribution >= 4 is 11.8 Å². The number of aliphatic hydroxyl groups is 1. The first-order valence-corrected chi connectivity index (χ1v) is 7.95. The molecule has 2 aliphatic rings. The van der Waals surface area contributed by atoms with Gasteiger partial charge in [0.2, 0.25) is 0 Å². The third-order valence-electron chi connectivity index (χ3n) is 4.16. The molecule has 1 heterocycles. The van der Waals surface area contributed by atoms with Crippen LogP contribution in [0.2, 0.25) is 0 Å². The van der Waals surface area contributed by atoms with E-state index in [1.54, 1.807) is 0 Å². The van der Waals surface area contributed by atoms with Crippen LogP contribution in [0.5, 0.6) is 0 Å².